The quantitative estimate of drug-likeness (QED) is 0.469. The molecule has 1 fully saturated rings. The Morgan fingerprint density at radius 3 is 2.59 bits per heavy atom. The van der Waals surface area contributed by atoms with E-state index in [0.29, 0.717) is 4.47 Å². The van der Waals surface area contributed by atoms with E-state index in [-0.39, 0.29) is 17.5 Å². The minimum atomic E-state index is -1.06. The molecule has 1 unspecified atom stereocenters. The molecule has 0 amide bonds. The normalized spacial score (nSPS) is 16.2. The molecule has 6 nitrogen and oxygen atoms in total. The van der Waals surface area contributed by atoms with E-state index in [9.17, 15) is 14.7 Å². The second-order valence-corrected chi connectivity index (χ2v) is 7.16. The lowest BCUT2D eigenvalue weighted by atomic mass is 10.1. The SMILES string of the molecule is CC(C)(C)OC(=O)C(NC1CC1)C(=O)c1cnc(O)c(Br)c1. The largest absolute Gasteiger partial charge is 0.492 e. The summed E-state index contributed by atoms with van der Waals surface area (Å²) in [6.07, 6.45) is 3.11. The minimum Gasteiger partial charge on any atom is -0.492 e. The van der Waals surface area contributed by atoms with Gasteiger partial charge < -0.3 is 9.84 Å². The number of Topliss-reactive ketones (excluding diaryl/α,β-unsaturated/α-hetero) is 1. The van der Waals surface area contributed by atoms with Crippen LogP contribution in [0.5, 0.6) is 5.88 Å². The number of hydrogen-bond acceptors (Lipinski definition) is 6. The zero-order chi connectivity index (χ0) is 16.5. The molecule has 1 atom stereocenters. The number of carbonyl (C=O) groups excluding carboxylic acids is 2. The van der Waals surface area contributed by atoms with Crippen molar-refractivity contribution in [1.82, 2.24) is 10.3 Å². The van der Waals surface area contributed by atoms with Crippen LogP contribution in [0.2, 0.25) is 0 Å². The Kier molecular flexibility index (Phi) is 4.87. The van der Waals surface area contributed by atoms with Crippen LogP contribution in [-0.2, 0) is 9.53 Å². The molecular weight excluding hydrogens is 352 g/mol. The van der Waals surface area contributed by atoms with Crippen molar-refractivity contribution in [2.45, 2.75) is 51.3 Å². The molecule has 2 rings (SSSR count). The molecular formula is C15H19BrN2O4. The highest BCUT2D eigenvalue weighted by Gasteiger charge is 2.36. The van der Waals surface area contributed by atoms with Gasteiger partial charge in [0.1, 0.15) is 5.60 Å². The van der Waals surface area contributed by atoms with E-state index < -0.39 is 23.4 Å². The lowest BCUT2D eigenvalue weighted by Crippen LogP contribution is -2.47. The Morgan fingerprint density at radius 2 is 2.09 bits per heavy atom. The summed E-state index contributed by atoms with van der Waals surface area (Å²) >= 11 is 3.11. The third-order valence-corrected chi connectivity index (χ3v) is 3.57. The number of halogens is 1. The topological polar surface area (TPSA) is 88.5 Å². The maximum atomic E-state index is 12.6. The van der Waals surface area contributed by atoms with Gasteiger partial charge in [0.05, 0.1) is 4.47 Å². The Hall–Kier alpha value is -1.47. The molecule has 1 aliphatic carbocycles. The van der Waals surface area contributed by atoms with Crippen LogP contribution in [0, 0.1) is 0 Å². The summed E-state index contributed by atoms with van der Waals surface area (Å²) in [4.78, 5) is 28.6. The van der Waals surface area contributed by atoms with Gasteiger partial charge in [-0.15, -0.1) is 0 Å². The van der Waals surface area contributed by atoms with Gasteiger partial charge in [-0.2, -0.15) is 0 Å². The lowest BCUT2D eigenvalue weighted by Gasteiger charge is -2.24. The Balaban J connectivity index is 2.21. The van der Waals surface area contributed by atoms with Crippen LogP contribution in [0.4, 0.5) is 0 Å². The van der Waals surface area contributed by atoms with E-state index >= 15 is 0 Å². The van der Waals surface area contributed by atoms with Gasteiger partial charge in [-0.05, 0) is 55.6 Å². The summed E-state index contributed by atoms with van der Waals surface area (Å²) < 4.78 is 5.62. The van der Waals surface area contributed by atoms with Crippen molar-refractivity contribution in [1.29, 1.82) is 0 Å². The van der Waals surface area contributed by atoms with Gasteiger partial charge in [-0.1, -0.05) is 0 Å². The van der Waals surface area contributed by atoms with Gasteiger partial charge in [0.25, 0.3) is 0 Å². The molecule has 1 heterocycles. The van der Waals surface area contributed by atoms with Gasteiger partial charge >= 0.3 is 5.97 Å². The second-order valence-electron chi connectivity index (χ2n) is 6.30. The molecule has 1 aromatic rings. The van der Waals surface area contributed by atoms with Crippen molar-refractivity contribution >= 4 is 27.7 Å². The first-order valence-electron chi connectivity index (χ1n) is 7.05. The fourth-order valence-corrected chi connectivity index (χ4v) is 2.18. The summed E-state index contributed by atoms with van der Waals surface area (Å²) in [6.45, 7) is 5.26. The van der Waals surface area contributed by atoms with Gasteiger partial charge in [-0.25, -0.2) is 9.78 Å². The van der Waals surface area contributed by atoms with Crippen LogP contribution in [0.3, 0.4) is 0 Å². The predicted octanol–water partition coefficient (Wildman–Crippen LogP) is 2.19. The van der Waals surface area contributed by atoms with Gasteiger partial charge in [0, 0.05) is 17.8 Å². The number of esters is 1. The predicted molar refractivity (Wildman–Crippen MR) is 83.7 cm³/mol. The van der Waals surface area contributed by atoms with Crippen LogP contribution in [-0.4, -0.2) is 39.5 Å². The van der Waals surface area contributed by atoms with Gasteiger partial charge in [0.2, 0.25) is 5.88 Å². The first kappa shape index (κ1) is 16.9. The van der Waals surface area contributed by atoms with E-state index in [1.165, 1.54) is 12.3 Å². The van der Waals surface area contributed by atoms with Crippen molar-refractivity contribution in [3.8, 4) is 5.88 Å². The molecule has 1 aliphatic rings. The first-order valence-corrected chi connectivity index (χ1v) is 7.84. The van der Waals surface area contributed by atoms with Crippen LogP contribution < -0.4 is 5.32 Å². The molecule has 2 N–H and O–H groups in total. The fourth-order valence-electron chi connectivity index (χ4n) is 1.83. The van der Waals surface area contributed by atoms with E-state index in [1.807, 2.05) is 0 Å². The van der Waals surface area contributed by atoms with Gasteiger partial charge in [-0.3, -0.25) is 10.1 Å². The van der Waals surface area contributed by atoms with Crippen LogP contribution in [0.1, 0.15) is 44.0 Å². The van der Waals surface area contributed by atoms with Crippen molar-refractivity contribution < 1.29 is 19.4 Å². The summed E-state index contributed by atoms with van der Waals surface area (Å²) in [6, 6.07) is 0.538. The average Bonchev–Trinajstić information content (AvgIpc) is 3.20. The highest BCUT2D eigenvalue weighted by molar-refractivity contribution is 9.10. The minimum absolute atomic E-state index is 0.162. The number of nitrogens with zero attached hydrogens (tertiary/aromatic N) is 1. The zero-order valence-electron chi connectivity index (χ0n) is 12.7. The molecule has 22 heavy (non-hydrogen) atoms. The lowest BCUT2D eigenvalue weighted by molar-refractivity contribution is -0.156. The number of hydrogen-bond donors (Lipinski definition) is 2. The maximum absolute atomic E-state index is 12.6. The number of nitrogens with one attached hydrogen (secondary N) is 1. The summed E-state index contributed by atoms with van der Waals surface area (Å²) in [7, 11) is 0. The van der Waals surface area contributed by atoms with E-state index in [4.69, 9.17) is 4.74 Å². The van der Waals surface area contributed by atoms with E-state index in [2.05, 4.69) is 26.2 Å². The Morgan fingerprint density at radius 1 is 1.45 bits per heavy atom. The highest BCUT2D eigenvalue weighted by Crippen LogP contribution is 2.24. The number of ether oxygens (including phenoxy) is 1. The molecule has 0 saturated heterocycles. The summed E-state index contributed by atoms with van der Waals surface area (Å²) in [5.74, 6) is -1.23. The molecule has 120 valence electrons. The molecule has 0 aliphatic heterocycles. The molecule has 0 bridgehead atoms. The third-order valence-electron chi connectivity index (χ3n) is 2.99. The molecule has 1 saturated carbocycles. The Bertz CT molecular complexity index is 594. The number of ketones is 1. The first-order chi connectivity index (χ1) is 10.2. The molecule has 0 spiro atoms. The van der Waals surface area contributed by atoms with Crippen LogP contribution in [0.15, 0.2) is 16.7 Å². The molecule has 0 radical (unpaired) electrons. The molecule has 7 heteroatoms. The smallest absolute Gasteiger partial charge is 0.331 e. The summed E-state index contributed by atoms with van der Waals surface area (Å²) in [5.41, 5.74) is -0.442. The average molecular weight is 371 g/mol. The number of carbonyl (C=O) groups is 2. The molecule has 0 aromatic carbocycles. The number of aromatic hydroxyl groups is 1. The number of rotatable bonds is 5. The van der Waals surface area contributed by atoms with Crippen LogP contribution in [0.25, 0.3) is 0 Å². The Labute approximate surface area is 137 Å². The zero-order valence-corrected chi connectivity index (χ0v) is 14.3. The van der Waals surface area contributed by atoms with E-state index in [0.717, 1.165) is 12.8 Å². The number of pyridine rings is 1. The fraction of sp³-hybridized carbons (Fsp3) is 0.533. The third kappa shape index (κ3) is 4.51. The standard InChI is InChI=1S/C15H19BrN2O4/c1-15(2,3)22-14(21)11(18-9-4-5-9)12(19)8-6-10(16)13(20)17-7-8/h6-7,9,11,18H,4-5H2,1-3H3,(H,17,20). The van der Waals surface area contributed by atoms with Crippen molar-refractivity contribution in [3.63, 3.8) is 0 Å². The highest BCUT2D eigenvalue weighted by atomic mass is 79.9. The number of aromatic nitrogens is 1. The van der Waals surface area contributed by atoms with Crippen molar-refractivity contribution in [2.75, 3.05) is 0 Å². The summed E-state index contributed by atoms with van der Waals surface area (Å²) in [5, 5.41) is 12.4. The monoisotopic (exact) mass is 370 g/mol. The van der Waals surface area contributed by atoms with Crippen LogP contribution >= 0.6 is 15.9 Å². The van der Waals surface area contributed by atoms with Gasteiger partial charge in [0.15, 0.2) is 11.8 Å². The maximum Gasteiger partial charge on any atom is 0.331 e. The van der Waals surface area contributed by atoms with Crippen molar-refractivity contribution in [2.24, 2.45) is 0 Å². The second kappa shape index (κ2) is 6.34. The van der Waals surface area contributed by atoms with E-state index in [1.54, 1.807) is 20.8 Å². The van der Waals surface area contributed by atoms with Crippen molar-refractivity contribution in [3.05, 3.63) is 22.3 Å². The molecule has 1 aromatic heterocycles.